The Labute approximate surface area is 92.7 Å². The maximum atomic E-state index is 10.9. The first kappa shape index (κ1) is 9.48. The van der Waals surface area contributed by atoms with Crippen molar-refractivity contribution in [3.8, 4) is 0 Å². The number of carbonyl (C=O) groups excluding carboxylic acids is 2. The highest BCUT2D eigenvalue weighted by Gasteiger charge is 2.53. The van der Waals surface area contributed by atoms with Crippen LogP contribution in [0.3, 0.4) is 0 Å². The van der Waals surface area contributed by atoms with Gasteiger partial charge in [-0.15, -0.1) is 0 Å². The Morgan fingerprint density at radius 2 is 1.88 bits per heavy atom. The molecule has 80 valence electrons. The van der Waals surface area contributed by atoms with E-state index >= 15 is 0 Å². The lowest BCUT2D eigenvalue weighted by atomic mass is 9.96. The van der Waals surface area contributed by atoms with Gasteiger partial charge in [-0.25, -0.2) is 0 Å². The van der Waals surface area contributed by atoms with Gasteiger partial charge in [0.05, 0.1) is 6.61 Å². The number of epoxide rings is 1. The van der Waals surface area contributed by atoms with Gasteiger partial charge in [-0.3, -0.25) is 9.59 Å². The first-order valence-electron chi connectivity index (χ1n) is 5.11. The smallest absolute Gasteiger partial charge is 0.150 e. The van der Waals surface area contributed by atoms with Crippen molar-refractivity contribution in [3.63, 3.8) is 0 Å². The molecule has 1 unspecified atom stereocenters. The summed E-state index contributed by atoms with van der Waals surface area (Å²) in [5.41, 5.74) is 3.59. The molecular formula is C13H10O3. The van der Waals surface area contributed by atoms with Crippen molar-refractivity contribution < 1.29 is 14.3 Å². The van der Waals surface area contributed by atoms with Crippen molar-refractivity contribution in [1.82, 2.24) is 0 Å². The molecule has 3 rings (SSSR count). The third-order valence-electron chi connectivity index (χ3n) is 3.41. The Balaban J connectivity index is 2.24. The molecule has 0 bridgehead atoms. The fourth-order valence-electron chi connectivity index (χ4n) is 2.40. The summed E-state index contributed by atoms with van der Waals surface area (Å²) >= 11 is 0. The topological polar surface area (TPSA) is 46.7 Å². The van der Waals surface area contributed by atoms with Gasteiger partial charge in [0.15, 0.2) is 12.6 Å². The zero-order valence-corrected chi connectivity index (χ0v) is 8.66. The zero-order valence-electron chi connectivity index (χ0n) is 8.66. The highest BCUT2D eigenvalue weighted by Crippen LogP contribution is 2.52. The van der Waals surface area contributed by atoms with Gasteiger partial charge in [0.1, 0.15) is 5.60 Å². The van der Waals surface area contributed by atoms with Crippen molar-refractivity contribution in [3.05, 3.63) is 46.5 Å². The fourth-order valence-corrected chi connectivity index (χ4v) is 2.40. The number of rotatable bonds is 2. The minimum absolute atomic E-state index is 0.353. The summed E-state index contributed by atoms with van der Waals surface area (Å²) in [6.45, 7) is 4.63. The van der Waals surface area contributed by atoms with E-state index in [2.05, 4.69) is 6.58 Å². The van der Waals surface area contributed by atoms with Crippen molar-refractivity contribution in [2.24, 2.45) is 0 Å². The van der Waals surface area contributed by atoms with Crippen molar-refractivity contribution >= 4 is 12.6 Å². The van der Waals surface area contributed by atoms with E-state index < -0.39 is 0 Å². The Morgan fingerprint density at radius 1 is 1.25 bits per heavy atom. The van der Waals surface area contributed by atoms with Gasteiger partial charge in [-0.05, 0) is 35.3 Å². The average Bonchev–Trinajstić information content (AvgIpc) is 3.04. The molecule has 1 fully saturated rings. The Hall–Kier alpha value is -1.74. The van der Waals surface area contributed by atoms with Crippen molar-refractivity contribution in [1.29, 1.82) is 0 Å². The number of carbonyl (C=O) groups is 2. The molecule has 1 saturated heterocycles. The number of benzene rings is 1. The summed E-state index contributed by atoms with van der Waals surface area (Å²) in [5.74, 6) is 0. The molecule has 0 N–H and O–H groups in total. The molecular weight excluding hydrogens is 204 g/mol. The zero-order chi connectivity index (χ0) is 11.3. The van der Waals surface area contributed by atoms with Gasteiger partial charge in [0.2, 0.25) is 0 Å². The second-order valence-corrected chi connectivity index (χ2v) is 4.27. The molecule has 1 heterocycles. The van der Waals surface area contributed by atoms with Crippen molar-refractivity contribution in [2.45, 2.75) is 12.0 Å². The van der Waals surface area contributed by atoms with Crippen LogP contribution in [0.15, 0.2) is 24.3 Å². The summed E-state index contributed by atoms with van der Waals surface area (Å²) in [6.07, 6.45) is 2.15. The molecule has 1 aromatic rings. The van der Waals surface area contributed by atoms with Gasteiger partial charge in [-0.2, -0.15) is 0 Å². The molecule has 2 aliphatic rings. The summed E-state index contributed by atoms with van der Waals surface area (Å²) in [5, 5.41) is 0. The molecule has 3 nitrogen and oxygen atoms in total. The fraction of sp³-hybridized carbons (Fsp3) is 0.231. The minimum Gasteiger partial charge on any atom is -0.360 e. The third kappa shape index (κ3) is 1.01. The lowest BCUT2D eigenvalue weighted by Gasteiger charge is -2.07. The molecule has 1 aromatic carbocycles. The van der Waals surface area contributed by atoms with E-state index in [9.17, 15) is 9.59 Å². The van der Waals surface area contributed by atoms with Crippen LogP contribution in [0.25, 0.3) is 0 Å². The van der Waals surface area contributed by atoms with E-state index in [0.29, 0.717) is 30.3 Å². The van der Waals surface area contributed by atoms with Crippen LogP contribution in [0, 0.1) is 0 Å². The number of hydrogen-bond acceptors (Lipinski definition) is 3. The monoisotopic (exact) mass is 214 g/mol. The summed E-state index contributed by atoms with van der Waals surface area (Å²) in [4.78, 5) is 21.7. The van der Waals surface area contributed by atoms with Crippen LogP contribution in [0.2, 0.25) is 0 Å². The highest BCUT2D eigenvalue weighted by atomic mass is 16.6. The molecule has 1 atom stereocenters. The summed E-state index contributed by atoms with van der Waals surface area (Å²) in [6, 6.07) is 3.53. The standard InChI is InChI=1S/C13H10O3/c1-8-2-9-3-10(5-14)11(6-15)4-12(9)13(8)7-16-13/h3-6H,1-2,7H2. The molecule has 1 spiro atoms. The average molecular weight is 214 g/mol. The molecule has 16 heavy (non-hydrogen) atoms. The summed E-state index contributed by atoms with van der Waals surface area (Å²) < 4.78 is 5.46. The van der Waals surface area contributed by atoms with Crippen LogP contribution in [0.5, 0.6) is 0 Å². The Kier molecular flexibility index (Phi) is 1.71. The van der Waals surface area contributed by atoms with E-state index in [1.165, 1.54) is 0 Å². The number of fused-ring (bicyclic) bond motifs is 2. The number of ether oxygens (including phenoxy) is 1. The first-order chi connectivity index (χ1) is 7.71. The van der Waals surface area contributed by atoms with Gasteiger partial charge < -0.3 is 4.74 Å². The van der Waals surface area contributed by atoms with Crippen LogP contribution in [0.1, 0.15) is 31.8 Å². The second kappa shape index (κ2) is 2.89. The van der Waals surface area contributed by atoms with E-state index in [1.54, 1.807) is 12.1 Å². The number of aldehydes is 2. The first-order valence-corrected chi connectivity index (χ1v) is 5.11. The van der Waals surface area contributed by atoms with Gasteiger partial charge >= 0.3 is 0 Å². The predicted molar refractivity (Wildman–Crippen MR) is 57.7 cm³/mol. The predicted octanol–water partition coefficient (Wildman–Crippen LogP) is 1.65. The maximum absolute atomic E-state index is 10.9. The van der Waals surface area contributed by atoms with Crippen LogP contribution >= 0.6 is 0 Å². The second-order valence-electron chi connectivity index (χ2n) is 4.27. The minimum atomic E-state index is -0.353. The number of hydrogen-bond donors (Lipinski definition) is 0. The highest BCUT2D eigenvalue weighted by molar-refractivity contribution is 5.91. The molecule has 0 saturated carbocycles. The molecule has 3 heteroatoms. The van der Waals surface area contributed by atoms with Crippen LogP contribution in [-0.4, -0.2) is 19.2 Å². The van der Waals surface area contributed by atoms with Crippen LogP contribution in [-0.2, 0) is 16.8 Å². The SMILES string of the molecule is C=C1Cc2cc(C=O)c(C=O)cc2C12CO2. The lowest BCUT2D eigenvalue weighted by molar-refractivity contribution is 0.109. The molecule has 0 radical (unpaired) electrons. The molecule has 0 amide bonds. The Bertz CT molecular complexity index is 524. The Morgan fingerprint density at radius 3 is 2.44 bits per heavy atom. The summed E-state index contributed by atoms with van der Waals surface area (Å²) in [7, 11) is 0. The maximum Gasteiger partial charge on any atom is 0.150 e. The third-order valence-corrected chi connectivity index (χ3v) is 3.41. The lowest BCUT2D eigenvalue weighted by Crippen LogP contribution is -2.06. The van der Waals surface area contributed by atoms with Crippen LogP contribution in [0.4, 0.5) is 0 Å². The van der Waals surface area contributed by atoms with Crippen molar-refractivity contribution in [2.75, 3.05) is 6.61 Å². The molecule has 1 aliphatic heterocycles. The van der Waals surface area contributed by atoms with E-state index in [1.807, 2.05) is 0 Å². The van der Waals surface area contributed by atoms with Gasteiger partial charge in [0.25, 0.3) is 0 Å². The van der Waals surface area contributed by atoms with E-state index in [-0.39, 0.29) is 5.60 Å². The van der Waals surface area contributed by atoms with E-state index in [4.69, 9.17) is 4.74 Å². The molecule has 1 aliphatic carbocycles. The molecule has 0 aromatic heterocycles. The normalized spacial score (nSPS) is 25.6. The van der Waals surface area contributed by atoms with E-state index in [0.717, 1.165) is 23.1 Å². The quantitative estimate of drug-likeness (QED) is 0.427. The van der Waals surface area contributed by atoms with Gasteiger partial charge in [-0.1, -0.05) is 6.58 Å². The largest absolute Gasteiger partial charge is 0.360 e. The van der Waals surface area contributed by atoms with Crippen LogP contribution < -0.4 is 0 Å². The van der Waals surface area contributed by atoms with Gasteiger partial charge in [0, 0.05) is 11.1 Å².